The molecule has 0 saturated heterocycles. The van der Waals surface area contributed by atoms with Gasteiger partial charge in [0, 0.05) is 13.1 Å². The van der Waals surface area contributed by atoms with Gasteiger partial charge in [-0.05, 0) is 24.0 Å². The van der Waals surface area contributed by atoms with Gasteiger partial charge in [-0.1, -0.05) is 74.5 Å². The number of esters is 1. The number of hydrogen-bond acceptors (Lipinski definition) is 4. The van der Waals surface area contributed by atoms with Crippen LogP contribution in [0.4, 0.5) is 0 Å². The van der Waals surface area contributed by atoms with E-state index in [1.807, 2.05) is 81.4 Å². The topological polar surface area (TPSA) is 75.7 Å². The number of rotatable bonds is 10. The van der Waals surface area contributed by atoms with E-state index in [1.54, 1.807) is 4.90 Å². The fraction of sp³-hybridized carbons (Fsp3) is 0.375. The second-order valence-electron chi connectivity index (χ2n) is 7.45. The van der Waals surface area contributed by atoms with Crippen molar-refractivity contribution < 1.29 is 19.1 Å². The minimum absolute atomic E-state index is 0.168. The zero-order valence-electron chi connectivity index (χ0n) is 17.8. The Kier molecular flexibility index (Phi) is 9.06. The van der Waals surface area contributed by atoms with Crippen LogP contribution in [0.3, 0.4) is 0 Å². The van der Waals surface area contributed by atoms with E-state index in [9.17, 15) is 14.4 Å². The van der Waals surface area contributed by atoms with E-state index < -0.39 is 12.0 Å². The third-order valence-electron chi connectivity index (χ3n) is 4.73. The van der Waals surface area contributed by atoms with E-state index in [2.05, 4.69) is 5.32 Å². The van der Waals surface area contributed by atoms with Crippen LogP contribution < -0.4 is 5.32 Å². The van der Waals surface area contributed by atoms with Crippen LogP contribution in [0.2, 0.25) is 0 Å². The standard InChI is InChI=1S/C24H30N2O4/c1-4-26(16-20-13-9-6-10-14-20)22(28)17-30-24(29)23(18(2)3)25-21(27)15-19-11-7-5-8-12-19/h5-14,18,23H,4,15-17H2,1-3H3,(H,25,27)/t23-/m0/s1. The third-order valence-corrected chi connectivity index (χ3v) is 4.73. The lowest BCUT2D eigenvalue weighted by atomic mass is 10.0. The Labute approximate surface area is 178 Å². The van der Waals surface area contributed by atoms with E-state index in [0.717, 1.165) is 11.1 Å². The average molecular weight is 411 g/mol. The van der Waals surface area contributed by atoms with Gasteiger partial charge in [0.2, 0.25) is 5.91 Å². The van der Waals surface area contributed by atoms with Gasteiger partial charge in [-0.25, -0.2) is 4.79 Å². The molecule has 0 aliphatic carbocycles. The molecule has 0 unspecified atom stereocenters. The number of amides is 2. The summed E-state index contributed by atoms with van der Waals surface area (Å²) in [7, 11) is 0. The lowest BCUT2D eigenvalue weighted by Gasteiger charge is -2.23. The Hall–Kier alpha value is -3.15. The Morgan fingerprint density at radius 2 is 1.50 bits per heavy atom. The first-order chi connectivity index (χ1) is 14.4. The zero-order chi connectivity index (χ0) is 21.9. The molecule has 2 aromatic rings. The summed E-state index contributed by atoms with van der Waals surface area (Å²) in [5.41, 5.74) is 1.87. The van der Waals surface area contributed by atoms with Crippen molar-refractivity contribution in [2.75, 3.05) is 13.2 Å². The predicted octanol–water partition coefficient (Wildman–Crippen LogP) is 2.96. The fourth-order valence-electron chi connectivity index (χ4n) is 3.00. The highest BCUT2D eigenvalue weighted by Crippen LogP contribution is 2.08. The second kappa shape index (κ2) is 11.8. The van der Waals surface area contributed by atoms with Crippen molar-refractivity contribution in [2.45, 2.75) is 39.8 Å². The number of carbonyl (C=O) groups excluding carboxylic acids is 3. The molecular formula is C24H30N2O4. The molecule has 0 radical (unpaired) electrons. The summed E-state index contributed by atoms with van der Waals surface area (Å²) in [5.74, 6) is -1.30. The van der Waals surface area contributed by atoms with Crippen molar-refractivity contribution in [1.82, 2.24) is 10.2 Å². The highest BCUT2D eigenvalue weighted by atomic mass is 16.5. The van der Waals surface area contributed by atoms with Crippen molar-refractivity contribution in [3.05, 3.63) is 71.8 Å². The summed E-state index contributed by atoms with van der Waals surface area (Å²) in [6.07, 6.45) is 0.178. The number of carbonyl (C=O) groups is 3. The first-order valence-electron chi connectivity index (χ1n) is 10.2. The van der Waals surface area contributed by atoms with E-state index in [4.69, 9.17) is 4.74 Å². The van der Waals surface area contributed by atoms with Crippen LogP contribution >= 0.6 is 0 Å². The Balaban J connectivity index is 1.89. The van der Waals surface area contributed by atoms with Gasteiger partial charge in [-0.2, -0.15) is 0 Å². The van der Waals surface area contributed by atoms with Crippen LogP contribution in [-0.4, -0.2) is 41.9 Å². The Morgan fingerprint density at radius 3 is 2.03 bits per heavy atom. The van der Waals surface area contributed by atoms with Crippen LogP contribution in [0.15, 0.2) is 60.7 Å². The van der Waals surface area contributed by atoms with Crippen molar-refractivity contribution >= 4 is 17.8 Å². The molecule has 30 heavy (non-hydrogen) atoms. The summed E-state index contributed by atoms with van der Waals surface area (Å²) >= 11 is 0. The lowest BCUT2D eigenvalue weighted by molar-refractivity contribution is -0.155. The molecule has 0 fully saturated rings. The number of benzene rings is 2. The monoisotopic (exact) mass is 410 g/mol. The summed E-state index contributed by atoms with van der Waals surface area (Å²) < 4.78 is 5.25. The summed E-state index contributed by atoms with van der Waals surface area (Å²) in [6, 6.07) is 18.1. The van der Waals surface area contributed by atoms with E-state index in [1.165, 1.54) is 0 Å². The van der Waals surface area contributed by atoms with Crippen LogP contribution in [0.1, 0.15) is 31.9 Å². The Bertz CT molecular complexity index is 822. The summed E-state index contributed by atoms with van der Waals surface area (Å²) in [4.78, 5) is 39.0. The largest absolute Gasteiger partial charge is 0.454 e. The highest BCUT2D eigenvalue weighted by Gasteiger charge is 2.27. The molecule has 6 nitrogen and oxygen atoms in total. The molecule has 0 aliphatic rings. The number of hydrogen-bond donors (Lipinski definition) is 1. The number of nitrogens with zero attached hydrogens (tertiary/aromatic N) is 1. The van der Waals surface area contributed by atoms with E-state index >= 15 is 0 Å². The molecule has 2 amide bonds. The maximum Gasteiger partial charge on any atom is 0.329 e. The SMILES string of the molecule is CCN(Cc1ccccc1)C(=O)COC(=O)[C@@H](NC(=O)Cc1ccccc1)C(C)C. The second-order valence-corrected chi connectivity index (χ2v) is 7.45. The molecule has 2 aromatic carbocycles. The van der Waals surface area contributed by atoms with Gasteiger partial charge in [0.15, 0.2) is 6.61 Å². The average Bonchev–Trinajstić information content (AvgIpc) is 2.75. The minimum Gasteiger partial charge on any atom is -0.454 e. The van der Waals surface area contributed by atoms with Gasteiger partial charge >= 0.3 is 5.97 Å². The summed E-state index contributed by atoms with van der Waals surface area (Å²) in [6.45, 7) is 6.14. The van der Waals surface area contributed by atoms with Gasteiger partial charge in [0.05, 0.1) is 6.42 Å². The van der Waals surface area contributed by atoms with Gasteiger partial charge in [0.1, 0.15) is 6.04 Å². The molecule has 0 aromatic heterocycles. The quantitative estimate of drug-likeness (QED) is 0.611. The smallest absolute Gasteiger partial charge is 0.329 e. The molecule has 0 spiro atoms. The van der Waals surface area contributed by atoms with Gasteiger partial charge in [-0.15, -0.1) is 0 Å². The molecule has 0 heterocycles. The van der Waals surface area contributed by atoms with Crippen LogP contribution in [0.5, 0.6) is 0 Å². The lowest BCUT2D eigenvalue weighted by Crippen LogP contribution is -2.46. The maximum absolute atomic E-state index is 12.5. The third kappa shape index (κ3) is 7.35. The molecular weight excluding hydrogens is 380 g/mol. The molecule has 0 bridgehead atoms. The molecule has 6 heteroatoms. The van der Waals surface area contributed by atoms with Crippen LogP contribution in [0.25, 0.3) is 0 Å². The van der Waals surface area contributed by atoms with Gasteiger partial charge in [-0.3, -0.25) is 9.59 Å². The molecule has 0 aliphatic heterocycles. The predicted molar refractivity (Wildman–Crippen MR) is 115 cm³/mol. The van der Waals surface area contributed by atoms with Gasteiger partial charge in [0.25, 0.3) is 5.91 Å². The van der Waals surface area contributed by atoms with Crippen LogP contribution in [-0.2, 0) is 32.1 Å². The van der Waals surface area contributed by atoms with Crippen molar-refractivity contribution in [3.63, 3.8) is 0 Å². The maximum atomic E-state index is 12.5. The van der Waals surface area contributed by atoms with Gasteiger partial charge < -0.3 is 15.0 Å². The molecule has 0 saturated carbocycles. The number of ether oxygens (including phenoxy) is 1. The molecule has 1 atom stereocenters. The van der Waals surface area contributed by atoms with Crippen molar-refractivity contribution in [1.29, 1.82) is 0 Å². The minimum atomic E-state index is -0.807. The first kappa shape index (κ1) is 23.1. The molecule has 1 N–H and O–H groups in total. The first-order valence-corrected chi connectivity index (χ1v) is 10.2. The number of nitrogens with one attached hydrogen (secondary N) is 1. The van der Waals surface area contributed by atoms with Crippen LogP contribution in [0, 0.1) is 5.92 Å². The number of likely N-dealkylation sites (N-methyl/N-ethyl adjacent to an activating group) is 1. The molecule has 160 valence electrons. The normalized spacial score (nSPS) is 11.6. The molecule has 2 rings (SSSR count). The van der Waals surface area contributed by atoms with Crippen molar-refractivity contribution in [3.8, 4) is 0 Å². The van der Waals surface area contributed by atoms with Crippen molar-refractivity contribution in [2.24, 2.45) is 5.92 Å². The zero-order valence-corrected chi connectivity index (χ0v) is 17.8. The fourth-order valence-corrected chi connectivity index (χ4v) is 3.00. The Morgan fingerprint density at radius 1 is 0.933 bits per heavy atom. The van der Waals surface area contributed by atoms with E-state index in [0.29, 0.717) is 13.1 Å². The summed E-state index contributed by atoms with van der Waals surface area (Å²) in [5, 5.41) is 2.73. The van der Waals surface area contributed by atoms with E-state index in [-0.39, 0.29) is 30.8 Å². The highest BCUT2D eigenvalue weighted by molar-refractivity contribution is 5.87.